The van der Waals surface area contributed by atoms with E-state index in [0.717, 1.165) is 27.3 Å². The van der Waals surface area contributed by atoms with E-state index in [1.807, 2.05) is 72.8 Å². The predicted octanol–water partition coefficient (Wildman–Crippen LogP) is 6.62. The van der Waals surface area contributed by atoms with E-state index in [1.54, 1.807) is 0 Å². The number of rotatable bonds is 4. The topological polar surface area (TPSA) is 29.1 Å². The minimum atomic E-state index is -0.0961. The van der Waals surface area contributed by atoms with E-state index in [-0.39, 0.29) is 5.91 Å². The number of anilines is 1. The molecular formula is C24H18NOS+. The van der Waals surface area contributed by atoms with E-state index in [1.165, 1.54) is 11.3 Å². The van der Waals surface area contributed by atoms with E-state index in [0.29, 0.717) is 4.88 Å². The highest BCUT2D eigenvalue weighted by molar-refractivity contribution is 7.17. The lowest BCUT2D eigenvalue weighted by Crippen LogP contribution is -2.10. The Bertz CT molecular complexity index is 990. The maximum Gasteiger partial charge on any atom is 0.314 e. The zero-order chi connectivity index (χ0) is 18.5. The Morgan fingerprint density at radius 2 is 1.19 bits per heavy atom. The molecule has 130 valence electrons. The van der Waals surface area contributed by atoms with Crippen LogP contribution in [0.25, 0.3) is 21.6 Å². The van der Waals surface area contributed by atoms with Crippen LogP contribution in [0.5, 0.6) is 0 Å². The summed E-state index contributed by atoms with van der Waals surface area (Å²) in [5.41, 5.74) is 4.03. The summed E-state index contributed by atoms with van der Waals surface area (Å²) < 4.78 is 0. The summed E-state index contributed by atoms with van der Waals surface area (Å²) >= 11 is 1.50. The van der Waals surface area contributed by atoms with Crippen molar-refractivity contribution in [1.29, 1.82) is 0 Å². The maximum absolute atomic E-state index is 12.9. The van der Waals surface area contributed by atoms with Gasteiger partial charge in [-0.3, -0.25) is 4.79 Å². The number of benzene rings is 3. The van der Waals surface area contributed by atoms with Crippen molar-refractivity contribution in [2.45, 2.75) is 0 Å². The van der Waals surface area contributed by atoms with Crippen LogP contribution in [0.4, 0.5) is 5.69 Å². The van der Waals surface area contributed by atoms with Crippen LogP contribution in [0.15, 0.2) is 103 Å². The third kappa shape index (κ3) is 4.10. The van der Waals surface area contributed by atoms with Crippen LogP contribution in [0.3, 0.4) is 0 Å². The fraction of sp³-hybridized carbons (Fsp3) is 0. The second-order valence-corrected chi connectivity index (χ2v) is 7.21. The van der Waals surface area contributed by atoms with Crippen LogP contribution in [-0.4, -0.2) is 5.91 Å². The summed E-state index contributed by atoms with van der Waals surface area (Å²) in [5.74, 6) is -0.0961. The molecule has 0 unspecified atom stereocenters. The molecule has 0 aliphatic carbocycles. The zero-order valence-corrected chi connectivity index (χ0v) is 15.4. The predicted molar refractivity (Wildman–Crippen MR) is 114 cm³/mol. The van der Waals surface area contributed by atoms with Crippen molar-refractivity contribution in [1.82, 2.24) is 0 Å². The number of amides is 1. The molecular weight excluding hydrogens is 350 g/mol. The molecule has 27 heavy (non-hydrogen) atoms. The Morgan fingerprint density at radius 3 is 1.81 bits per heavy atom. The minimum Gasteiger partial charge on any atom is -0.318 e. The molecule has 2 nitrogen and oxygen atoms in total. The molecule has 4 rings (SSSR count). The van der Waals surface area contributed by atoms with Crippen molar-refractivity contribution in [3.63, 3.8) is 0 Å². The number of carbonyl (C=O) groups is 1. The lowest BCUT2D eigenvalue weighted by molar-refractivity contribution is 0.103. The molecule has 0 saturated carbocycles. The average molecular weight is 368 g/mol. The van der Waals surface area contributed by atoms with Gasteiger partial charge in [0.2, 0.25) is 16.2 Å². The van der Waals surface area contributed by atoms with Crippen LogP contribution < -0.4 is 5.32 Å². The highest BCUT2D eigenvalue weighted by atomic mass is 32.1. The Labute approximate surface area is 162 Å². The van der Waals surface area contributed by atoms with Gasteiger partial charge in [0.25, 0.3) is 4.88 Å². The van der Waals surface area contributed by atoms with E-state index in [2.05, 4.69) is 35.6 Å². The maximum atomic E-state index is 12.9. The number of carbonyl (C=O) groups excluding carboxylic acids is 1. The van der Waals surface area contributed by atoms with Crippen molar-refractivity contribution in [2.75, 3.05) is 5.32 Å². The van der Waals surface area contributed by atoms with Gasteiger partial charge in [0.05, 0.1) is 0 Å². The summed E-state index contributed by atoms with van der Waals surface area (Å²) in [7, 11) is 0. The highest BCUT2D eigenvalue weighted by Crippen LogP contribution is 2.32. The Balaban J connectivity index is 1.77. The smallest absolute Gasteiger partial charge is 0.314 e. The third-order valence-corrected chi connectivity index (χ3v) is 5.31. The molecule has 0 atom stereocenters. The SMILES string of the molecule is O=C(Nc1ccccc1)c1cc(-c2ccccc2)cc(-c2ccccc2)[s+]1. The van der Waals surface area contributed by atoms with Crippen LogP contribution in [0.1, 0.15) is 9.67 Å². The fourth-order valence-corrected chi connectivity index (χ4v) is 3.88. The Hall–Kier alpha value is -3.30. The van der Waals surface area contributed by atoms with Crippen molar-refractivity contribution in [2.24, 2.45) is 0 Å². The molecule has 0 bridgehead atoms. The van der Waals surface area contributed by atoms with Gasteiger partial charge >= 0.3 is 5.91 Å². The van der Waals surface area contributed by atoms with E-state index in [4.69, 9.17) is 0 Å². The molecule has 3 heteroatoms. The summed E-state index contributed by atoms with van der Waals surface area (Å²) in [6, 6.07) is 34.0. The molecule has 1 aromatic heterocycles. The van der Waals surface area contributed by atoms with Crippen LogP contribution in [0.2, 0.25) is 0 Å². The van der Waals surface area contributed by atoms with Crippen molar-refractivity contribution in [3.05, 3.63) is 108 Å². The summed E-state index contributed by atoms with van der Waals surface area (Å²) in [4.78, 5) is 14.6. The first-order chi connectivity index (χ1) is 13.3. The molecule has 0 fully saturated rings. The van der Waals surface area contributed by atoms with Gasteiger partial charge < -0.3 is 5.32 Å². The van der Waals surface area contributed by atoms with E-state index >= 15 is 0 Å². The van der Waals surface area contributed by atoms with Crippen molar-refractivity contribution < 1.29 is 4.79 Å². The molecule has 0 radical (unpaired) electrons. The molecule has 4 aromatic rings. The van der Waals surface area contributed by atoms with Gasteiger partial charge in [-0.25, -0.2) is 0 Å². The van der Waals surface area contributed by atoms with Gasteiger partial charge in [-0.15, -0.1) is 0 Å². The fourth-order valence-electron chi connectivity index (χ4n) is 2.87. The molecule has 0 aliphatic heterocycles. The molecule has 0 aliphatic rings. The standard InChI is InChI=1S/C24H17NOS/c26-24(25-21-14-8-3-9-15-21)23-17-20(18-10-4-1-5-11-18)16-22(27-23)19-12-6-2-7-13-19/h1-17H/p+1. The number of para-hydroxylation sites is 1. The van der Waals surface area contributed by atoms with Gasteiger partial charge in [0.1, 0.15) is 0 Å². The molecule has 1 heterocycles. The summed E-state index contributed by atoms with van der Waals surface area (Å²) in [5, 5.41) is 2.99. The van der Waals surface area contributed by atoms with Crippen molar-refractivity contribution in [3.8, 4) is 21.6 Å². The first-order valence-corrected chi connectivity index (χ1v) is 9.57. The monoisotopic (exact) mass is 368 g/mol. The molecule has 0 saturated heterocycles. The molecule has 3 aromatic carbocycles. The van der Waals surface area contributed by atoms with Gasteiger partial charge in [-0.1, -0.05) is 66.7 Å². The van der Waals surface area contributed by atoms with Gasteiger partial charge in [-0.05, 0) is 35.4 Å². The van der Waals surface area contributed by atoms with Crippen LogP contribution in [0, 0.1) is 0 Å². The zero-order valence-electron chi connectivity index (χ0n) is 14.6. The quantitative estimate of drug-likeness (QED) is 0.403. The molecule has 1 amide bonds. The minimum absolute atomic E-state index is 0.0961. The number of hydrogen-bond acceptors (Lipinski definition) is 1. The van der Waals surface area contributed by atoms with Crippen molar-refractivity contribution >= 4 is 22.9 Å². The van der Waals surface area contributed by atoms with Crippen LogP contribution in [-0.2, 0) is 0 Å². The van der Waals surface area contributed by atoms with Crippen LogP contribution >= 0.6 is 11.3 Å². The first-order valence-electron chi connectivity index (χ1n) is 8.75. The number of hydrogen-bond donors (Lipinski definition) is 1. The average Bonchev–Trinajstić information content (AvgIpc) is 2.75. The molecule has 1 N–H and O–H groups in total. The first kappa shape index (κ1) is 17.1. The van der Waals surface area contributed by atoms with Gasteiger partial charge in [0.15, 0.2) is 0 Å². The second kappa shape index (κ2) is 7.94. The summed E-state index contributed by atoms with van der Waals surface area (Å²) in [6.45, 7) is 0. The van der Waals surface area contributed by atoms with E-state index in [9.17, 15) is 4.79 Å². The largest absolute Gasteiger partial charge is 0.318 e. The molecule has 0 spiro atoms. The lowest BCUT2D eigenvalue weighted by atomic mass is 10.1. The third-order valence-electron chi connectivity index (χ3n) is 4.21. The van der Waals surface area contributed by atoms with E-state index < -0.39 is 0 Å². The van der Waals surface area contributed by atoms with Gasteiger partial charge in [-0.2, -0.15) is 0 Å². The lowest BCUT2D eigenvalue weighted by Gasteiger charge is -2.04. The Morgan fingerprint density at radius 1 is 0.630 bits per heavy atom. The normalized spacial score (nSPS) is 10.4. The second-order valence-electron chi connectivity index (χ2n) is 6.13. The highest BCUT2D eigenvalue weighted by Gasteiger charge is 2.23. The summed E-state index contributed by atoms with van der Waals surface area (Å²) in [6.07, 6.45) is 0. The number of nitrogens with one attached hydrogen (secondary N) is 1. The van der Waals surface area contributed by atoms with Gasteiger partial charge in [0, 0.05) is 23.4 Å². The Kier molecular flexibility index (Phi) is 5.04.